The predicted molar refractivity (Wildman–Crippen MR) is 89.2 cm³/mol. The molecule has 24 heavy (non-hydrogen) atoms. The van der Waals surface area contributed by atoms with E-state index in [-0.39, 0.29) is 17.6 Å². The summed E-state index contributed by atoms with van der Waals surface area (Å²) in [4.78, 5) is 25.2. The maximum atomic E-state index is 12.2. The number of esters is 1. The van der Waals surface area contributed by atoms with Crippen molar-refractivity contribution < 1.29 is 23.8 Å². The van der Waals surface area contributed by atoms with Crippen LogP contribution in [0, 0.1) is 0 Å². The molecule has 0 aliphatic heterocycles. The Bertz CT molecular complexity index is 599. The van der Waals surface area contributed by atoms with Crippen molar-refractivity contribution >= 4 is 12.1 Å². The number of methoxy groups -OCH3 is 1. The van der Waals surface area contributed by atoms with Crippen LogP contribution in [0.3, 0.4) is 0 Å². The summed E-state index contributed by atoms with van der Waals surface area (Å²) in [7, 11) is 3.08. The van der Waals surface area contributed by atoms with E-state index < -0.39 is 5.60 Å². The molecule has 0 aromatic heterocycles. The Kier molecular flexibility index (Phi) is 5.06. The van der Waals surface area contributed by atoms with Gasteiger partial charge in [-0.05, 0) is 57.9 Å². The van der Waals surface area contributed by atoms with Crippen LogP contribution in [0.5, 0.6) is 5.75 Å². The Balaban J connectivity index is 1.93. The lowest BCUT2D eigenvalue weighted by atomic mass is 10.2. The van der Waals surface area contributed by atoms with Crippen LogP contribution in [0.4, 0.5) is 4.79 Å². The highest BCUT2D eigenvalue weighted by Crippen LogP contribution is 2.42. The Morgan fingerprint density at radius 2 is 1.75 bits per heavy atom. The van der Waals surface area contributed by atoms with Gasteiger partial charge in [0, 0.05) is 7.05 Å². The largest absolute Gasteiger partial charge is 0.491 e. The fourth-order valence-electron chi connectivity index (χ4n) is 2.27. The summed E-state index contributed by atoms with van der Waals surface area (Å²) in [5.74, 6) is 0.261. The molecule has 1 aromatic carbocycles. The van der Waals surface area contributed by atoms with Crippen LogP contribution in [-0.2, 0) is 9.47 Å². The molecule has 1 aromatic rings. The minimum absolute atomic E-state index is 0.316. The summed E-state index contributed by atoms with van der Waals surface area (Å²) in [6.07, 6.45) is 1.41. The van der Waals surface area contributed by atoms with Crippen molar-refractivity contribution in [2.75, 3.05) is 20.8 Å². The maximum absolute atomic E-state index is 12.2. The highest BCUT2D eigenvalue weighted by molar-refractivity contribution is 5.89. The second kappa shape index (κ2) is 6.71. The molecule has 6 nitrogen and oxygen atoms in total. The molecule has 0 N–H and O–H groups in total. The fourth-order valence-corrected chi connectivity index (χ4v) is 2.27. The molecule has 1 saturated carbocycles. The second-order valence-electron chi connectivity index (χ2n) is 7.07. The summed E-state index contributed by atoms with van der Waals surface area (Å²) >= 11 is 0. The van der Waals surface area contributed by atoms with Gasteiger partial charge in [0.2, 0.25) is 0 Å². The van der Waals surface area contributed by atoms with Gasteiger partial charge in [0.05, 0.1) is 18.2 Å². The zero-order valence-corrected chi connectivity index (χ0v) is 14.9. The molecule has 1 fully saturated rings. The van der Waals surface area contributed by atoms with Crippen molar-refractivity contribution in [1.29, 1.82) is 0 Å². The number of hydrogen-bond acceptors (Lipinski definition) is 5. The third kappa shape index (κ3) is 4.40. The molecule has 2 rings (SSSR count). The van der Waals surface area contributed by atoms with E-state index in [0.29, 0.717) is 17.9 Å². The van der Waals surface area contributed by atoms with Crippen molar-refractivity contribution in [3.05, 3.63) is 29.8 Å². The van der Waals surface area contributed by atoms with Crippen molar-refractivity contribution in [3.8, 4) is 5.75 Å². The van der Waals surface area contributed by atoms with E-state index in [4.69, 9.17) is 9.47 Å². The molecule has 1 aliphatic rings. The van der Waals surface area contributed by atoms with E-state index in [0.717, 1.165) is 12.8 Å². The van der Waals surface area contributed by atoms with Crippen molar-refractivity contribution in [2.24, 2.45) is 0 Å². The summed E-state index contributed by atoms with van der Waals surface area (Å²) in [5.41, 5.74) is -0.369. The van der Waals surface area contributed by atoms with Gasteiger partial charge in [-0.15, -0.1) is 0 Å². The fraction of sp³-hybridized carbons (Fsp3) is 0.556. The van der Waals surface area contributed by atoms with Crippen LogP contribution < -0.4 is 4.74 Å². The van der Waals surface area contributed by atoms with E-state index in [1.807, 2.05) is 20.8 Å². The average Bonchev–Trinajstić information content (AvgIpc) is 3.31. The first kappa shape index (κ1) is 18.1. The Morgan fingerprint density at radius 3 is 2.21 bits per heavy atom. The second-order valence-corrected chi connectivity index (χ2v) is 7.07. The lowest BCUT2D eigenvalue weighted by molar-refractivity contribution is 0.0139. The molecule has 0 atom stereocenters. The van der Waals surface area contributed by atoms with E-state index in [9.17, 15) is 9.59 Å². The third-order valence-electron chi connectivity index (χ3n) is 3.99. The van der Waals surface area contributed by atoms with Crippen molar-refractivity contribution in [2.45, 2.75) is 44.8 Å². The molecule has 132 valence electrons. The normalized spacial score (nSPS) is 15.4. The average molecular weight is 335 g/mol. The molecular formula is C18H25NO5. The van der Waals surface area contributed by atoms with Crippen LogP contribution in [0.15, 0.2) is 24.3 Å². The van der Waals surface area contributed by atoms with Gasteiger partial charge in [-0.3, -0.25) is 0 Å². The molecule has 0 bridgehead atoms. The number of likely N-dealkylation sites (N-methyl/N-ethyl adjacent to an activating group) is 1. The monoisotopic (exact) mass is 335 g/mol. The quantitative estimate of drug-likeness (QED) is 0.773. The van der Waals surface area contributed by atoms with Crippen LogP contribution in [0.1, 0.15) is 44.0 Å². The summed E-state index contributed by atoms with van der Waals surface area (Å²) in [6, 6.07) is 6.74. The van der Waals surface area contributed by atoms with E-state index >= 15 is 0 Å². The number of rotatable bonds is 5. The molecule has 0 unspecified atom stereocenters. The number of benzene rings is 1. The molecule has 1 aliphatic carbocycles. The van der Waals surface area contributed by atoms with Gasteiger partial charge in [0.15, 0.2) is 0 Å². The zero-order chi connectivity index (χ0) is 18.0. The number of nitrogens with zero attached hydrogens (tertiary/aromatic N) is 1. The number of carbonyl (C=O) groups is 2. The molecule has 6 heteroatoms. The summed E-state index contributed by atoms with van der Waals surface area (Å²) in [6.45, 7) is 5.92. The SMILES string of the molecule is COC(=O)c1ccc(OCC2(N(C)C(=O)OC(C)(C)C)CC2)cc1. The Morgan fingerprint density at radius 1 is 1.17 bits per heavy atom. The van der Waals surface area contributed by atoms with Crippen LogP contribution >= 0.6 is 0 Å². The molecule has 0 saturated heterocycles. The lowest BCUT2D eigenvalue weighted by Gasteiger charge is -2.30. The van der Waals surface area contributed by atoms with Gasteiger partial charge >= 0.3 is 12.1 Å². The van der Waals surface area contributed by atoms with Crippen molar-refractivity contribution in [1.82, 2.24) is 4.90 Å². The van der Waals surface area contributed by atoms with Gasteiger partial charge in [0.25, 0.3) is 0 Å². The Hall–Kier alpha value is -2.24. The van der Waals surface area contributed by atoms with Gasteiger partial charge in [0.1, 0.15) is 18.0 Å². The molecule has 0 spiro atoms. The Labute approximate surface area is 142 Å². The van der Waals surface area contributed by atoms with E-state index in [1.54, 1.807) is 36.2 Å². The first-order valence-electron chi connectivity index (χ1n) is 7.95. The maximum Gasteiger partial charge on any atom is 0.410 e. The highest BCUT2D eigenvalue weighted by Gasteiger charge is 2.50. The zero-order valence-electron chi connectivity index (χ0n) is 14.9. The number of carbonyl (C=O) groups excluding carboxylic acids is 2. The van der Waals surface area contributed by atoms with Crippen LogP contribution in [0.2, 0.25) is 0 Å². The molecular weight excluding hydrogens is 310 g/mol. The first-order valence-corrected chi connectivity index (χ1v) is 7.95. The molecule has 0 radical (unpaired) electrons. The summed E-state index contributed by atoms with van der Waals surface area (Å²) < 4.78 is 15.9. The number of amides is 1. The number of ether oxygens (including phenoxy) is 3. The minimum atomic E-state index is -0.522. The standard InChI is InChI=1S/C18H25NO5/c1-17(2,3)24-16(21)19(4)18(10-11-18)12-23-14-8-6-13(7-9-14)15(20)22-5/h6-9H,10-12H2,1-5H3. The number of hydrogen-bond donors (Lipinski definition) is 0. The first-order chi connectivity index (χ1) is 11.2. The third-order valence-corrected chi connectivity index (χ3v) is 3.99. The minimum Gasteiger partial charge on any atom is -0.491 e. The topological polar surface area (TPSA) is 65.1 Å². The highest BCUT2D eigenvalue weighted by atomic mass is 16.6. The molecule has 0 heterocycles. The predicted octanol–water partition coefficient (Wildman–Crippen LogP) is 3.25. The van der Waals surface area contributed by atoms with Crippen LogP contribution in [0.25, 0.3) is 0 Å². The smallest absolute Gasteiger partial charge is 0.410 e. The van der Waals surface area contributed by atoms with Gasteiger partial charge in [-0.1, -0.05) is 0 Å². The van der Waals surface area contributed by atoms with Crippen LogP contribution in [-0.4, -0.2) is 48.9 Å². The summed E-state index contributed by atoms with van der Waals surface area (Å²) in [5, 5.41) is 0. The van der Waals surface area contributed by atoms with Gasteiger partial charge < -0.3 is 19.1 Å². The van der Waals surface area contributed by atoms with E-state index in [1.165, 1.54) is 7.11 Å². The van der Waals surface area contributed by atoms with E-state index in [2.05, 4.69) is 4.74 Å². The molecule has 1 amide bonds. The van der Waals surface area contributed by atoms with Crippen molar-refractivity contribution in [3.63, 3.8) is 0 Å². The van der Waals surface area contributed by atoms with Gasteiger partial charge in [-0.25, -0.2) is 9.59 Å². The lowest BCUT2D eigenvalue weighted by Crippen LogP contribution is -2.45. The van der Waals surface area contributed by atoms with Gasteiger partial charge in [-0.2, -0.15) is 0 Å².